The van der Waals surface area contributed by atoms with E-state index in [1.54, 1.807) is 41.2 Å². The molecule has 3 aromatic rings. The van der Waals surface area contributed by atoms with Crippen LogP contribution in [0.25, 0.3) is 5.69 Å². The van der Waals surface area contributed by atoms with Crippen LogP contribution in [0.1, 0.15) is 45.9 Å². The van der Waals surface area contributed by atoms with Crippen molar-refractivity contribution in [3.8, 4) is 5.69 Å². The SMILES string of the molecule is CC.Cc1cn(-c2cc(Cl)ccc2NS(=O)(=O)c2ccc(C(C)(C)C)cc2)cn1. The summed E-state index contributed by atoms with van der Waals surface area (Å²) in [6, 6.07) is 11.9. The van der Waals surface area contributed by atoms with Crippen molar-refractivity contribution in [1.82, 2.24) is 9.55 Å². The van der Waals surface area contributed by atoms with Gasteiger partial charge in [-0.3, -0.25) is 4.72 Å². The standard InChI is InChI=1S/C20H22ClN3O2S.C2H6/c1-14-12-24(13-22-14)19-11-16(21)7-10-18(19)23-27(25,26)17-8-5-15(6-9-17)20(2,3)4;1-2/h5-13,23H,1-4H3;1-2H3. The number of aromatic nitrogens is 2. The third kappa shape index (κ3) is 5.61. The fraction of sp³-hybridized carbons (Fsp3) is 0.318. The number of sulfonamides is 1. The summed E-state index contributed by atoms with van der Waals surface area (Å²) in [5.74, 6) is 0. The molecule has 0 radical (unpaired) electrons. The smallest absolute Gasteiger partial charge is 0.261 e. The maximum atomic E-state index is 12.9. The summed E-state index contributed by atoms with van der Waals surface area (Å²) in [7, 11) is -3.74. The Morgan fingerprint density at radius 3 is 2.17 bits per heavy atom. The number of benzene rings is 2. The summed E-state index contributed by atoms with van der Waals surface area (Å²) >= 11 is 6.11. The molecule has 0 saturated carbocycles. The molecule has 0 fully saturated rings. The van der Waals surface area contributed by atoms with Gasteiger partial charge in [-0.2, -0.15) is 0 Å². The Morgan fingerprint density at radius 1 is 1.03 bits per heavy atom. The number of imidazole rings is 1. The monoisotopic (exact) mass is 433 g/mol. The first-order valence-corrected chi connectivity index (χ1v) is 11.4. The van der Waals surface area contributed by atoms with E-state index < -0.39 is 10.0 Å². The second-order valence-electron chi connectivity index (χ2n) is 7.46. The van der Waals surface area contributed by atoms with Gasteiger partial charge in [0.2, 0.25) is 0 Å². The molecular formula is C22H28ClN3O2S. The zero-order chi connectivity index (χ0) is 21.8. The predicted molar refractivity (Wildman–Crippen MR) is 121 cm³/mol. The van der Waals surface area contributed by atoms with Crippen molar-refractivity contribution in [1.29, 1.82) is 0 Å². The zero-order valence-electron chi connectivity index (χ0n) is 17.7. The van der Waals surface area contributed by atoms with Crippen LogP contribution in [0, 0.1) is 6.92 Å². The molecule has 1 aromatic heterocycles. The summed E-state index contributed by atoms with van der Waals surface area (Å²) < 4.78 is 30.1. The maximum Gasteiger partial charge on any atom is 0.261 e. The van der Waals surface area contributed by atoms with Crippen molar-refractivity contribution in [2.75, 3.05) is 4.72 Å². The van der Waals surface area contributed by atoms with E-state index in [0.29, 0.717) is 16.4 Å². The van der Waals surface area contributed by atoms with Gasteiger partial charge in [-0.15, -0.1) is 0 Å². The van der Waals surface area contributed by atoms with E-state index in [4.69, 9.17) is 11.6 Å². The van der Waals surface area contributed by atoms with E-state index >= 15 is 0 Å². The van der Waals surface area contributed by atoms with E-state index in [0.717, 1.165) is 11.3 Å². The lowest BCUT2D eigenvalue weighted by molar-refractivity contribution is 0.587. The lowest BCUT2D eigenvalue weighted by atomic mass is 9.87. The highest BCUT2D eigenvalue weighted by atomic mass is 35.5. The van der Waals surface area contributed by atoms with Gasteiger partial charge in [-0.1, -0.05) is 58.4 Å². The van der Waals surface area contributed by atoms with Gasteiger partial charge in [0.1, 0.15) is 0 Å². The van der Waals surface area contributed by atoms with Gasteiger partial charge < -0.3 is 4.57 Å². The molecule has 0 spiro atoms. The molecule has 156 valence electrons. The minimum absolute atomic E-state index is 0.0433. The highest BCUT2D eigenvalue weighted by Crippen LogP contribution is 2.28. The van der Waals surface area contributed by atoms with Crippen LogP contribution < -0.4 is 4.72 Å². The minimum atomic E-state index is -3.74. The predicted octanol–water partition coefficient (Wildman–Crippen LogP) is 5.96. The lowest BCUT2D eigenvalue weighted by Gasteiger charge is -2.19. The largest absolute Gasteiger partial charge is 0.304 e. The molecule has 3 rings (SSSR count). The Labute approximate surface area is 178 Å². The molecule has 0 unspecified atom stereocenters. The maximum absolute atomic E-state index is 12.9. The Bertz CT molecular complexity index is 1070. The third-order valence-corrected chi connectivity index (χ3v) is 5.84. The molecule has 0 amide bonds. The summed E-state index contributed by atoms with van der Waals surface area (Å²) in [4.78, 5) is 4.40. The summed E-state index contributed by atoms with van der Waals surface area (Å²) in [5.41, 5.74) is 2.89. The van der Waals surface area contributed by atoms with Gasteiger partial charge in [0, 0.05) is 11.2 Å². The molecule has 0 aliphatic carbocycles. The van der Waals surface area contributed by atoms with E-state index in [1.165, 1.54) is 0 Å². The normalized spacial score (nSPS) is 11.6. The molecule has 7 heteroatoms. The average molecular weight is 434 g/mol. The third-order valence-electron chi connectivity index (χ3n) is 4.22. The molecule has 5 nitrogen and oxygen atoms in total. The quantitative estimate of drug-likeness (QED) is 0.552. The number of anilines is 1. The van der Waals surface area contributed by atoms with Gasteiger partial charge >= 0.3 is 0 Å². The number of nitrogens with zero attached hydrogens (tertiary/aromatic N) is 2. The Morgan fingerprint density at radius 2 is 1.66 bits per heavy atom. The van der Waals surface area contributed by atoms with Crippen LogP contribution in [0.15, 0.2) is 59.9 Å². The number of nitrogens with one attached hydrogen (secondary N) is 1. The number of rotatable bonds is 4. The Hall–Kier alpha value is -2.31. The van der Waals surface area contributed by atoms with E-state index in [1.807, 2.05) is 39.1 Å². The van der Waals surface area contributed by atoms with Crippen molar-refractivity contribution < 1.29 is 8.42 Å². The van der Waals surface area contributed by atoms with Gasteiger partial charge in [-0.25, -0.2) is 13.4 Å². The zero-order valence-corrected chi connectivity index (χ0v) is 19.3. The molecule has 0 bridgehead atoms. The van der Waals surface area contributed by atoms with Crippen LogP contribution in [0.2, 0.25) is 5.02 Å². The average Bonchev–Trinajstić information content (AvgIpc) is 3.10. The Kier molecular flexibility index (Phi) is 7.14. The second kappa shape index (κ2) is 9.01. The summed E-state index contributed by atoms with van der Waals surface area (Å²) in [5, 5.41) is 0.508. The number of halogens is 1. The molecule has 0 saturated heterocycles. The van der Waals surface area contributed by atoms with Gasteiger partial charge in [-0.05, 0) is 48.2 Å². The number of hydrogen-bond acceptors (Lipinski definition) is 3. The highest BCUT2D eigenvalue weighted by Gasteiger charge is 2.19. The molecule has 1 heterocycles. The van der Waals surface area contributed by atoms with Crippen molar-refractivity contribution in [2.45, 2.75) is 51.9 Å². The van der Waals surface area contributed by atoms with Crippen LogP contribution >= 0.6 is 11.6 Å². The van der Waals surface area contributed by atoms with Crippen LogP contribution in [-0.2, 0) is 15.4 Å². The highest BCUT2D eigenvalue weighted by molar-refractivity contribution is 7.92. The molecule has 0 aliphatic rings. The molecule has 2 aromatic carbocycles. The van der Waals surface area contributed by atoms with Gasteiger partial charge in [0.05, 0.1) is 28.3 Å². The minimum Gasteiger partial charge on any atom is -0.304 e. The van der Waals surface area contributed by atoms with Crippen LogP contribution in [0.5, 0.6) is 0 Å². The first-order valence-electron chi connectivity index (χ1n) is 9.50. The Balaban J connectivity index is 0.00000145. The van der Waals surface area contributed by atoms with Crippen molar-refractivity contribution in [3.63, 3.8) is 0 Å². The van der Waals surface area contributed by atoms with Crippen LogP contribution in [0.4, 0.5) is 5.69 Å². The molecule has 29 heavy (non-hydrogen) atoms. The number of hydrogen-bond donors (Lipinski definition) is 1. The fourth-order valence-electron chi connectivity index (χ4n) is 2.70. The van der Waals surface area contributed by atoms with Crippen LogP contribution in [-0.4, -0.2) is 18.0 Å². The first kappa shape index (κ1) is 23.0. The fourth-order valence-corrected chi connectivity index (χ4v) is 3.94. The molecule has 1 N–H and O–H groups in total. The van der Waals surface area contributed by atoms with E-state index in [2.05, 4.69) is 30.5 Å². The molecular weight excluding hydrogens is 406 g/mol. The van der Waals surface area contributed by atoms with Crippen molar-refractivity contribution >= 4 is 27.3 Å². The molecule has 0 aliphatic heterocycles. The second-order valence-corrected chi connectivity index (χ2v) is 9.58. The number of aryl methyl sites for hydroxylation is 1. The van der Waals surface area contributed by atoms with Crippen molar-refractivity contribution in [2.24, 2.45) is 0 Å². The van der Waals surface area contributed by atoms with Crippen molar-refractivity contribution in [3.05, 3.63) is 71.3 Å². The van der Waals surface area contributed by atoms with Crippen LogP contribution in [0.3, 0.4) is 0 Å². The lowest BCUT2D eigenvalue weighted by Crippen LogP contribution is -2.16. The molecule has 0 atom stereocenters. The topological polar surface area (TPSA) is 64.0 Å². The summed E-state index contributed by atoms with van der Waals surface area (Å²) in [6.45, 7) is 12.1. The van der Waals surface area contributed by atoms with Gasteiger partial charge in [0.25, 0.3) is 10.0 Å². The summed E-state index contributed by atoms with van der Waals surface area (Å²) in [6.07, 6.45) is 3.43. The van der Waals surface area contributed by atoms with E-state index in [9.17, 15) is 8.42 Å². The van der Waals surface area contributed by atoms with E-state index in [-0.39, 0.29) is 10.3 Å². The van der Waals surface area contributed by atoms with Gasteiger partial charge in [0.15, 0.2) is 0 Å². The first-order chi connectivity index (χ1) is 13.6.